The average Bonchev–Trinajstić information content (AvgIpc) is 2.09. The van der Waals surface area contributed by atoms with Crippen molar-refractivity contribution in [3.8, 4) is 0 Å². The van der Waals surface area contributed by atoms with Crippen LogP contribution in [0.15, 0.2) is 0 Å². The molecule has 3 heteroatoms. The summed E-state index contributed by atoms with van der Waals surface area (Å²) in [7, 11) is 0. The molecule has 0 heterocycles. The monoisotopic (exact) mass is 199 g/mol. The van der Waals surface area contributed by atoms with Crippen LogP contribution < -0.4 is 5.73 Å². The van der Waals surface area contributed by atoms with Gasteiger partial charge in [0.15, 0.2) is 0 Å². The Labute approximate surface area is 85.7 Å². The molecule has 1 unspecified atom stereocenters. The molecular formula is C11H21NO2. The summed E-state index contributed by atoms with van der Waals surface area (Å²) in [6.07, 6.45) is 6.84. The molecule has 0 bridgehead atoms. The second kappa shape index (κ2) is 4.78. The van der Waals surface area contributed by atoms with E-state index in [1.54, 1.807) is 0 Å². The molecule has 1 aliphatic rings. The lowest BCUT2D eigenvalue weighted by Gasteiger charge is -2.42. The number of carboxylic acid groups (broad SMARTS) is 1. The number of hydrogen-bond donors (Lipinski definition) is 2. The maximum Gasteiger partial charge on any atom is 0.307 e. The first kappa shape index (κ1) is 11.5. The van der Waals surface area contributed by atoms with E-state index in [4.69, 9.17) is 10.8 Å². The van der Waals surface area contributed by atoms with Gasteiger partial charge >= 0.3 is 5.97 Å². The van der Waals surface area contributed by atoms with Crippen molar-refractivity contribution in [3.05, 3.63) is 0 Å². The van der Waals surface area contributed by atoms with Gasteiger partial charge in [0.05, 0.1) is 5.92 Å². The minimum atomic E-state index is -0.738. The fourth-order valence-electron chi connectivity index (χ4n) is 2.28. The Morgan fingerprint density at radius 3 is 2.50 bits per heavy atom. The zero-order valence-corrected chi connectivity index (χ0v) is 8.96. The molecule has 1 fully saturated rings. The summed E-state index contributed by atoms with van der Waals surface area (Å²) in [6.45, 7) is 2.48. The Morgan fingerprint density at radius 1 is 1.57 bits per heavy atom. The Kier molecular flexibility index (Phi) is 3.93. The van der Waals surface area contributed by atoms with Gasteiger partial charge in [-0.15, -0.1) is 0 Å². The van der Waals surface area contributed by atoms with Gasteiger partial charge in [0.2, 0.25) is 0 Å². The summed E-state index contributed by atoms with van der Waals surface area (Å²) in [4.78, 5) is 10.8. The molecule has 1 saturated carbocycles. The zero-order valence-electron chi connectivity index (χ0n) is 8.96. The van der Waals surface area contributed by atoms with E-state index in [1.807, 2.05) is 0 Å². The fraction of sp³-hybridized carbons (Fsp3) is 0.909. The van der Waals surface area contributed by atoms with Crippen LogP contribution in [0.5, 0.6) is 0 Å². The minimum Gasteiger partial charge on any atom is -0.481 e. The summed E-state index contributed by atoms with van der Waals surface area (Å²) in [5, 5.41) is 8.85. The zero-order chi connectivity index (χ0) is 10.6. The minimum absolute atomic E-state index is 0.273. The Hall–Kier alpha value is -0.570. The summed E-state index contributed by atoms with van der Waals surface area (Å²) in [5.41, 5.74) is 5.88. The highest BCUT2D eigenvalue weighted by molar-refractivity contribution is 5.70. The first-order chi connectivity index (χ1) is 6.63. The highest BCUT2D eigenvalue weighted by atomic mass is 16.4. The molecule has 0 aromatic heterocycles. The van der Waals surface area contributed by atoms with Crippen LogP contribution in [0.25, 0.3) is 0 Å². The van der Waals surface area contributed by atoms with Crippen LogP contribution in [0.2, 0.25) is 0 Å². The van der Waals surface area contributed by atoms with Gasteiger partial charge in [-0.2, -0.15) is 0 Å². The molecule has 3 N–H and O–H groups in total. The molecule has 0 aromatic carbocycles. The summed E-state index contributed by atoms with van der Waals surface area (Å²) >= 11 is 0. The third kappa shape index (κ3) is 2.47. The lowest BCUT2D eigenvalue weighted by molar-refractivity contribution is -0.141. The number of hydrogen-bond acceptors (Lipinski definition) is 2. The van der Waals surface area contributed by atoms with Crippen LogP contribution in [-0.4, -0.2) is 17.6 Å². The Morgan fingerprint density at radius 2 is 2.21 bits per heavy atom. The van der Waals surface area contributed by atoms with Crippen LogP contribution in [0.1, 0.15) is 45.4 Å². The molecule has 82 valence electrons. The van der Waals surface area contributed by atoms with E-state index in [9.17, 15) is 4.79 Å². The van der Waals surface area contributed by atoms with Gasteiger partial charge in [0.1, 0.15) is 0 Å². The number of carbonyl (C=O) groups is 1. The lowest BCUT2D eigenvalue weighted by atomic mass is 9.64. The van der Waals surface area contributed by atoms with E-state index in [0.29, 0.717) is 5.41 Å². The van der Waals surface area contributed by atoms with Gasteiger partial charge in [-0.3, -0.25) is 4.79 Å². The van der Waals surface area contributed by atoms with Crippen molar-refractivity contribution in [1.29, 1.82) is 0 Å². The first-order valence-corrected chi connectivity index (χ1v) is 5.56. The van der Waals surface area contributed by atoms with Gasteiger partial charge in [0, 0.05) is 6.54 Å². The topological polar surface area (TPSA) is 63.3 Å². The number of nitrogens with two attached hydrogens (primary N) is 1. The predicted octanol–water partition coefficient (Wildman–Crippen LogP) is 2.01. The predicted molar refractivity (Wildman–Crippen MR) is 56.0 cm³/mol. The molecule has 0 spiro atoms. The highest BCUT2D eigenvalue weighted by Gasteiger charge is 2.35. The maximum absolute atomic E-state index is 10.8. The van der Waals surface area contributed by atoms with Gasteiger partial charge in [-0.1, -0.05) is 19.8 Å². The first-order valence-electron chi connectivity index (χ1n) is 5.56. The normalized spacial score (nSPS) is 21.3. The lowest BCUT2D eigenvalue weighted by Crippen LogP contribution is -2.31. The van der Waals surface area contributed by atoms with Crippen molar-refractivity contribution in [3.63, 3.8) is 0 Å². The standard InChI is InChI=1S/C11H21NO2/c1-2-11(5-3-6-11)7-4-9(8-12)10(13)14/h9H,2-8,12H2,1H3,(H,13,14). The second-order valence-corrected chi connectivity index (χ2v) is 4.52. The molecule has 0 radical (unpaired) electrons. The molecule has 0 saturated heterocycles. The third-order valence-electron chi connectivity index (χ3n) is 3.82. The molecule has 3 nitrogen and oxygen atoms in total. The quantitative estimate of drug-likeness (QED) is 0.687. The van der Waals surface area contributed by atoms with Gasteiger partial charge in [0.25, 0.3) is 0 Å². The number of aliphatic carboxylic acids is 1. The summed E-state index contributed by atoms with van der Waals surface area (Å²) in [5.74, 6) is -1.07. The van der Waals surface area contributed by atoms with Crippen LogP contribution >= 0.6 is 0 Å². The van der Waals surface area contributed by atoms with Crippen LogP contribution in [0, 0.1) is 11.3 Å². The van der Waals surface area contributed by atoms with E-state index in [-0.39, 0.29) is 12.5 Å². The van der Waals surface area contributed by atoms with Crippen LogP contribution in [-0.2, 0) is 4.79 Å². The Balaban J connectivity index is 2.34. The smallest absolute Gasteiger partial charge is 0.307 e. The number of rotatable bonds is 6. The molecule has 1 atom stereocenters. The Bertz CT molecular complexity index is 194. The average molecular weight is 199 g/mol. The van der Waals surface area contributed by atoms with Crippen molar-refractivity contribution in [2.45, 2.75) is 45.4 Å². The molecule has 0 amide bonds. The molecule has 1 rings (SSSR count). The SMILES string of the molecule is CCC1(CCC(CN)C(=O)O)CCC1. The van der Waals surface area contributed by atoms with E-state index in [2.05, 4.69) is 6.92 Å². The van der Waals surface area contributed by atoms with Gasteiger partial charge in [-0.05, 0) is 31.1 Å². The number of carboxylic acids is 1. The maximum atomic E-state index is 10.8. The van der Waals surface area contributed by atoms with E-state index >= 15 is 0 Å². The van der Waals surface area contributed by atoms with E-state index in [1.165, 1.54) is 25.7 Å². The van der Waals surface area contributed by atoms with Gasteiger partial charge < -0.3 is 10.8 Å². The second-order valence-electron chi connectivity index (χ2n) is 4.52. The molecule has 14 heavy (non-hydrogen) atoms. The fourth-order valence-corrected chi connectivity index (χ4v) is 2.28. The third-order valence-corrected chi connectivity index (χ3v) is 3.82. The van der Waals surface area contributed by atoms with Gasteiger partial charge in [-0.25, -0.2) is 0 Å². The summed E-state index contributed by atoms with van der Waals surface area (Å²) in [6, 6.07) is 0. The summed E-state index contributed by atoms with van der Waals surface area (Å²) < 4.78 is 0. The van der Waals surface area contributed by atoms with Crippen LogP contribution in [0.3, 0.4) is 0 Å². The highest BCUT2D eigenvalue weighted by Crippen LogP contribution is 2.47. The van der Waals surface area contributed by atoms with Crippen molar-refractivity contribution >= 4 is 5.97 Å². The molecule has 0 aromatic rings. The van der Waals surface area contributed by atoms with Crippen molar-refractivity contribution in [2.24, 2.45) is 17.1 Å². The van der Waals surface area contributed by atoms with Crippen molar-refractivity contribution in [2.75, 3.05) is 6.54 Å². The molecular weight excluding hydrogens is 178 g/mol. The largest absolute Gasteiger partial charge is 0.481 e. The van der Waals surface area contributed by atoms with E-state index in [0.717, 1.165) is 12.8 Å². The van der Waals surface area contributed by atoms with Crippen molar-refractivity contribution in [1.82, 2.24) is 0 Å². The van der Waals surface area contributed by atoms with Crippen molar-refractivity contribution < 1.29 is 9.90 Å². The molecule has 0 aliphatic heterocycles. The van der Waals surface area contributed by atoms with Crippen LogP contribution in [0.4, 0.5) is 0 Å². The van der Waals surface area contributed by atoms with E-state index < -0.39 is 5.97 Å². The molecule has 1 aliphatic carbocycles.